The minimum atomic E-state index is -2.44. The predicted molar refractivity (Wildman–Crippen MR) is 125 cm³/mol. The molecule has 1 unspecified atom stereocenters. The Labute approximate surface area is 210 Å². The van der Waals surface area contributed by atoms with Gasteiger partial charge in [0.05, 0.1) is 0 Å². The number of ether oxygens (including phenoxy) is 4. The van der Waals surface area contributed by atoms with E-state index in [0.29, 0.717) is 23.1 Å². The van der Waals surface area contributed by atoms with Crippen molar-refractivity contribution in [3.63, 3.8) is 0 Å². The van der Waals surface area contributed by atoms with Crippen LogP contribution in [0.15, 0.2) is 22.8 Å². The molecule has 7 atom stereocenters. The fourth-order valence-electron chi connectivity index (χ4n) is 5.60. The van der Waals surface area contributed by atoms with E-state index in [1.54, 1.807) is 40.7 Å². The molecule has 3 aliphatic rings. The molecule has 0 radical (unpaired) electrons. The molecule has 3 rings (SSSR count). The molecule has 2 N–H and O–H groups in total. The Hall–Kier alpha value is -2.72. The van der Waals surface area contributed by atoms with Gasteiger partial charge in [0.25, 0.3) is 0 Å². The topological polar surface area (TPSA) is 146 Å². The number of carbonyl (C=O) groups excluding carboxylic acids is 4. The summed E-state index contributed by atoms with van der Waals surface area (Å²) in [6, 6.07) is 0. The number of hydrogen-bond donors (Lipinski definition) is 2. The second-order valence-corrected chi connectivity index (χ2v) is 10.3. The second-order valence-electron chi connectivity index (χ2n) is 10.3. The van der Waals surface area contributed by atoms with E-state index in [2.05, 4.69) is 0 Å². The average Bonchev–Trinajstić information content (AvgIpc) is 3.16. The van der Waals surface area contributed by atoms with Gasteiger partial charge in [-0.2, -0.15) is 0 Å². The lowest BCUT2D eigenvalue weighted by molar-refractivity contribution is -0.210. The second kappa shape index (κ2) is 9.63. The first-order valence-electron chi connectivity index (χ1n) is 12.2. The predicted octanol–water partition coefficient (Wildman–Crippen LogP) is 2.05. The lowest BCUT2D eigenvalue weighted by Crippen LogP contribution is -2.64. The summed E-state index contributed by atoms with van der Waals surface area (Å²) in [5.41, 5.74) is -4.90. The molecule has 1 aliphatic heterocycles. The molecule has 0 aromatic carbocycles. The number of carbonyl (C=O) groups is 4. The molecule has 36 heavy (non-hydrogen) atoms. The third-order valence-corrected chi connectivity index (χ3v) is 7.78. The molecule has 0 spiro atoms. The number of esters is 4. The summed E-state index contributed by atoms with van der Waals surface area (Å²) in [5, 5.41) is 23.2. The van der Waals surface area contributed by atoms with E-state index in [-0.39, 0.29) is 19.3 Å². The molecule has 2 fully saturated rings. The van der Waals surface area contributed by atoms with Crippen LogP contribution < -0.4 is 0 Å². The van der Waals surface area contributed by atoms with Gasteiger partial charge >= 0.3 is 23.9 Å². The summed E-state index contributed by atoms with van der Waals surface area (Å²) in [5.74, 6) is -3.53. The summed E-state index contributed by atoms with van der Waals surface area (Å²) >= 11 is 0. The molecule has 0 amide bonds. The van der Waals surface area contributed by atoms with Crippen molar-refractivity contribution in [1.82, 2.24) is 0 Å². The van der Waals surface area contributed by atoms with E-state index in [1.165, 1.54) is 6.92 Å². The highest BCUT2D eigenvalue weighted by Gasteiger charge is 2.74. The minimum Gasteiger partial charge on any atom is -0.459 e. The van der Waals surface area contributed by atoms with Gasteiger partial charge in [0.2, 0.25) is 0 Å². The standard InChI is InChI=1S/C26H36O10/c1-8-10-19(28)34-18-12-24(6,36-15(5)27)16-11-17(33-22(29)13(3)9-2)14(4)20(16)21-26(18,32)25(7,31)23(30)35-21/h9,16-18,21,31-32H,8,10-12H2,1-7H3/b13-9+/t16?,17-,18+,21+,24+,25-,26-/m1/s1. The van der Waals surface area contributed by atoms with E-state index in [9.17, 15) is 29.4 Å². The van der Waals surface area contributed by atoms with Crippen molar-refractivity contribution in [2.24, 2.45) is 5.92 Å². The quantitative estimate of drug-likeness (QED) is 0.237. The molecule has 2 aliphatic carbocycles. The third kappa shape index (κ3) is 4.34. The number of fused-ring (bicyclic) bond motifs is 3. The van der Waals surface area contributed by atoms with E-state index in [1.807, 2.05) is 0 Å². The lowest BCUT2D eigenvalue weighted by atomic mass is 9.75. The molecule has 0 aromatic rings. The maximum absolute atomic E-state index is 12.8. The largest absolute Gasteiger partial charge is 0.459 e. The van der Waals surface area contributed by atoms with Gasteiger partial charge in [0.15, 0.2) is 17.3 Å². The number of allylic oxidation sites excluding steroid dienone is 1. The Bertz CT molecular complexity index is 1020. The van der Waals surface area contributed by atoms with E-state index in [4.69, 9.17) is 18.9 Å². The Kier molecular flexibility index (Phi) is 7.45. The molecular formula is C26H36O10. The molecule has 10 nitrogen and oxygen atoms in total. The molecule has 0 bridgehead atoms. The first-order valence-corrected chi connectivity index (χ1v) is 12.2. The molecule has 0 aromatic heterocycles. The monoisotopic (exact) mass is 508 g/mol. The van der Waals surface area contributed by atoms with Crippen molar-refractivity contribution in [1.29, 1.82) is 0 Å². The zero-order chi connectivity index (χ0) is 27.2. The van der Waals surface area contributed by atoms with Crippen LogP contribution in [-0.4, -0.2) is 69.2 Å². The first-order chi connectivity index (χ1) is 16.6. The molecule has 10 heteroatoms. The summed E-state index contributed by atoms with van der Waals surface area (Å²) < 4.78 is 22.7. The van der Waals surface area contributed by atoms with Gasteiger partial charge in [-0.3, -0.25) is 9.59 Å². The van der Waals surface area contributed by atoms with Crippen molar-refractivity contribution in [3.05, 3.63) is 22.8 Å². The van der Waals surface area contributed by atoms with Gasteiger partial charge in [0.1, 0.15) is 17.8 Å². The molecule has 1 heterocycles. The number of rotatable bonds is 6. The van der Waals surface area contributed by atoms with Crippen molar-refractivity contribution >= 4 is 23.9 Å². The average molecular weight is 509 g/mol. The molecule has 200 valence electrons. The fraction of sp³-hybridized carbons (Fsp3) is 0.692. The van der Waals surface area contributed by atoms with Gasteiger partial charge in [-0.15, -0.1) is 0 Å². The number of hydrogen-bond acceptors (Lipinski definition) is 10. The fourth-order valence-corrected chi connectivity index (χ4v) is 5.60. The van der Waals surface area contributed by atoms with Crippen LogP contribution >= 0.6 is 0 Å². The maximum Gasteiger partial charge on any atom is 0.341 e. The molecule has 1 saturated carbocycles. The van der Waals surface area contributed by atoms with Gasteiger partial charge in [-0.25, -0.2) is 9.59 Å². The summed E-state index contributed by atoms with van der Waals surface area (Å²) in [7, 11) is 0. The highest BCUT2D eigenvalue weighted by Crippen LogP contribution is 2.56. The van der Waals surface area contributed by atoms with Crippen LogP contribution in [0.4, 0.5) is 0 Å². The van der Waals surface area contributed by atoms with E-state index in [0.717, 1.165) is 6.92 Å². The van der Waals surface area contributed by atoms with Crippen molar-refractivity contribution in [3.8, 4) is 0 Å². The minimum absolute atomic E-state index is 0.0476. The maximum atomic E-state index is 12.8. The summed E-state index contributed by atoms with van der Waals surface area (Å²) in [6.45, 7) is 10.8. The molecule has 1 saturated heterocycles. The van der Waals surface area contributed by atoms with Gasteiger partial charge < -0.3 is 29.2 Å². The third-order valence-electron chi connectivity index (χ3n) is 7.78. The lowest BCUT2D eigenvalue weighted by Gasteiger charge is -2.41. The zero-order valence-electron chi connectivity index (χ0n) is 21.9. The van der Waals surface area contributed by atoms with Crippen LogP contribution in [0.3, 0.4) is 0 Å². The first kappa shape index (κ1) is 27.9. The van der Waals surface area contributed by atoms with Crippen LogP contribution in [0.1, 0.15) is 74.1 Å². The summed E-state index contributed by atoms with van der Waals surface area (Å²) in [6.07, 6.45) is -1.52. The van der Waals surface area contributed by atoms with Crippen molar-refractivity contribution < 1.29 is 48.3 Å². The Morgan fingerprint density at radius 3 is 2.36 bits per heavy atom. The van der Waals surface area contributed by atoms with Gasteiger partial charge in [-0.05, 0) is 58.6 Å². The SMILES string of the molecule is C/C=C(\C)C(=O)O[C@@H]1CC2C(=C1C)[C@@H]1OC(=O)[C@@](C)(O)[C@@]1(O)[C@@H](OC(=O)CCC)C[C@]2(C)OC(C)=O. The summed E-state index contributed by atoms with van der Waals surface area (Å²) in [4.78, 5) is 50.0. The van der Waals surface area contributed by atoms with Crippen LogP contribution in [0.5, 0.6) is 0 Å². The smallest absolute Gasteiger partial charge is 0.341 e. The Balaban J connectivity index is 2.20. The van der Waals surface area contributed by atoms with Crippen LogP contribution in [0, 0.1) is 5.92 Å². The van der Waals surface area contributed by atoms with E-state index < -0.39 is 64.9 Å². The highest BCUT2D eigenvalue weighted by molar-refractivity contribution is 5.88. The van der Waals surface area contributed by atoms with Gasteiger partial charge in [-0.1, -0.05) is 13.0 Å². The Morgan fingerprint density at radius 1 is 1.17 bits per heavy atom. The van der Waals surface area contributed by atoms with Crippen LogP contribution in [-0.2, 0) is 38.1 Å². The van der Waals surface area contributed by atoms with Crippen LogP contribution in [0.25, 0.3) is 0 Å². The van der Waals surface area contributed by atoms with Crippen LogP contribution in [0.2, 0.25) is 0 Å². The normalized spacial score (nSPS) is 38.0. The van der Waals surface area contributed by atoms with E-state index >= 15 is 0 Å². The van der Waals surface area contributed by atoms with Crippen molar-refractivity contribution in [2.45, 2.75) is 109 Å². The number of aliphatic hydroxyl groups is 2. The molecular weight excluding hydrogens is 472 g/mol. The highest BCUT2D eigenvalue weighted by atomic mass is 16.6. The van der Waals surface area contributed by atoms with Gasteiger partial charge in [0, 0.05) is 31.3 Å². The zero-order valence-corrected chi connectivity index (χ0v) is 21.9. The van der Waals surface area contributed by atoms with Crippen molar-refractivity contribution in [2.75, 3.05) is 0 Å². The Morgan fingerprint density at radius 2 is 1.81 bits per heavy atom.